The van der Waals surface area contributed by atoms with E-state index in [4.69, 9.17) is 9.47 Å². The predicted octanol–water partition coefficient (Wildman–Crippen LogP) is 1.13. The van der Waals surface area contributed by atoms with Gasteiger partial charge in [-0.3, -0.25) is 4.79 Å². The maximum absolute atomic E-state index is 11.3. The van der Waals surface area contributed by atoms with E-state index in [1.54, 1.807) is 6.92 Å². The van der Waals surface area contributed by atoms with Crippen molar-refractivity contribution in [3.05, 3.63) is 24.3 Å². The molecule has 0 bridgehead atoms. The molecule has 1 amide bonds. The number of carbonyl (C=O) groups is 1. The molecule has 0 unspecified atom stereocenters. The average molecular weight is 276 g/mol. The molecule has 1 aromatic carbocycles. The third-order valence-corrected chi connectivity index (χ3v) is 3.77. The minimum Gasteiger partial charge on any atom is -0.491 e. The highest BCUT2D eigenvalue weighted by molar-refractivity contribution is 5.73. The molecule has 5 heteroatoms. The highest BCUT2D eigenvalue weighted by Gasteiger charge is 2.23. The van der Waals surface area contributed by atoms with Crippen molar-refractivity contribution < 1.29 is 14.3 Å². The van der Waals surface area contributed by atoms with Gasteiger partial charge in [0, 0.05) is 38.8 Å². The fraction of sp³-hybridized carbons (Fsp3) is 0.533. The van der Waals surface area contributed by atoms with Crippen molar-refractivity contribution in [1.82, 2.24) is 4.90 Å². The van der Waals surface area contributed by atoms with Gasteiger partial charge in [0.2, 0.25) is 5.91 Å². The van der Waals surface area contributed by atoms with Gasteiger partial charge in [0.05, 0.1) is 6.61 Å². The number of hydrogen-bond donors (Lipinski definition) is 0. The minimum absolute atomic E-state index is 0.163. The van der Waals surface area contributed by atoms with Crippen LogP contribution in [-0.4, -0.2) is 56.3 Å². The van der Waals surface area contributed by atoms with Gasteiger partial charge in [-0.05, 0) is 24.3 Å². The molecule has 2 saturated heterocycles. The highest BCUT2D eigenvalue weighted by Crippen LogP contribution is 2.21. The Hall–Kier alpha value is -1.75. The summed E-state index contributed by atoms with van der Waals surface area (Å²) in [4.78, 5) is 15.5. The molecule has 1 atom stereocenters. The van der Waals surface area contributed by atoms with Gasteiger partial charge in [-0.15, -0.1) is 0 Å². The second-order valence-electron chi connectivity index (χ2n) is 5.25. The first-order valence-corrected chi connectivity index (χ1v) is 7.07. The summed E-state index contributed by atoms with van der Waals surface area (Å²) in [6, 6.07) is 8.14. The molecule has 5 nitrogen and oxygen atoms in total. The second kappa shape index (κ2) is 5.71. The van der Waals surface area contributed by atoms with E-state index in [0.717, 1.165) is 38.5 Å². The molecule has 0 spiro atoms. The highest BCUT2D eigenvalue weighted by atomic mass is 16.6. The summed E-state index contributed by atoms with van der Waals surface area (Å²) in [6.45, 7) is 6.45. The van der Waals surface area contributed by atoms with E-state index in [0.29, 0.717) is 6.61 Å². The van der Waals surface area contributed by atoms with Gasteiger partial charge in [-0.25, -0.2) is 0 Å². The number of ether oxygens (including phenoxy) is 2. The molecule has 3 rings (SSSR count). The summed E-state index contributed by atoms with van der Waals surface area (Å²) in [5, 5.41) is 0. The summed E-state index contributed by atoms with van der Waals surface area (Å²) < 4.78 is 10.7. The quantitative estimate of drug-likeness (QED) is 0.774. The SMILES string of the molecule is CC(=O)N1CCN(c2ccc(OC[C@H]3CO3)cc2)CC1. The lowest BCUT2D eigenvalue weighted by molar-refractivity contribution is -0.129. The van der Waals surface area contributed by atoms with Crippen molar-refractivity contribution >= 4 is 11.6 Å². The van der Waals surface area contributed by atoms with E-state index < -0.39 is 0 Å². The molecule has 2 fully saturated rings. The molecule has 0 radical (unpaired) electrons. The summed E-state index contributed by atoms with van der Waals surface area (Å²) in [5.74, 6) is 1.04. The zero-order valence-corrected chi connectivity index (χ0v) is 11.7. The average Bonchev–Trinajstić information content (AvgIpc) is 3.30. The van der Waals surface area contributed by atoms with Crippen LogP contribution in [0.5, 0.6) is 5.75 Å². The zero-order chi connectivity index (χ0) is 13.9. The molecule has 0 saturated carbocycles. The van der Waals surface area contributed by atoms with Crippen LogP contribution in [0.1, 0.15) is 6.92 Å². The van der Waals surface area contributed by atoms with Crippen LogP contribution in [0.4, 0.5) is 5.69 Å². The van der Waals surface area contributed by atoms with Crippen LogP contribution in [0.2, 0.25) is 0 Å². The smallest absolute Gasteiger partial charge is 0.219 e. The predicted molar refractivity (Wildman–Crippen MR) is 76.1 cm³/mol. The molecule has 0 N–H and O–H groups in total. The number of benzene rings is 1. The number of piperazine rings is 1. The fourth-order valence-corrected chi connectivity index (χ4v) is 2.39. The van der Waals surface area contributed by atoms with Gasteiger partial charge >= 0.3 is 0 Å². The maximum Gasteiger partial charge on any atom is 0.219 e. The van der Waals surface area contributed by atoms with Gasteiger partial charge in [-0.1, -0.05) is 0 Å². The number of amides is 1. The summed E-state index contributed by atoms with van der Waals surface area (Å²) >= 11 is 0. The van der Waals surface area contributed by atoms with Crippen LogP contribution in [0.3, 0.4) is 0 Å². The lowest BCUT2D eigenvalue weighted by atomic mass is 10.2. The number of anilines is 1. The zero-order valence-electron chi connectivity index (χ0n) is 11.7. The normalized spacial score (nSPS) is 21.8. The number of carbonyl (C=O) groups excluding carboxylic acids is 1. The molecule has 20 heavy (non-hydrogen) atoms. The first-order chi connectivity index (χ1) is 9.72. The second-order valence-corrected chi connectivity index (χ2v) is 5.25. The summed E-state index contributed by atoms with van der Waals surface area (Å²) in [5.41, 5.74) is 1.18. The lowest BCUT2D eigenvalue weighted by Crippen LogP contribution is -2.48. The van der Waals surface area contributed by atoms with E-state index in [-0.39, 0.29) is 12.0 Å². The van der Waals surface area contributed by atoms with E-state index in [1.165, 1.54) is 5.69 Å². The molecule has 1 aromatic rings. The van der Waals surface area contributed by atoms with Gasteiger partial charge in [-0.2, -0.15) is 0 Å². The van der Waals surface area contributed by atoms with Crippen molar-refractivity contribution in [2.75, 3.05) is 44.3 Å². The number of epoxide rings is 1. The Morgan fingerprint density at radius 1 is 1.25 bits per heavy atom. The van der Waals surface area contributed by atoms with Crippen molar-refractivity contribution in [3.63, 3.8) is 0 Å². The van der Waals surface area contributed by atoms with Crippen LogP contribution >= 0.6 is 0 Å². The van der Waals surface area contributed by atoms with Crippen molar-refractivity contribution in [2.45, 2.75) is 13.0 Å². The van der Waals surface area contributed by atoms with Gasteiger partial charge in [0.15, 0.2) is 0 Å². The van der Waals surface area contributed by atoms with E-state index in [9.17, 15) is 4.79 Å². The van der Waals surface area contributed by atoms with Crippen LogP contribution in [0.15, 0.2) is 24.3 Å². The third kappa shape index (κ3) is 3.22. The largest absolute Gasteiger partial charge is 0.491 e. The lowest BCUT2D eigenvalue weighted by Gasteiger charge is -2.35. The Morgan fingerprint density at radius 3 is 2.45 bits per heavy atom. The summed E-state index contributed by atoms with van der Waals surface area (Å²) in [6.07, 6.45) is 0.286. The van der Waals surface area contributed by atoms with Crippen molar-refractivity contribution in [2.24, 2.45) is 0 Å². The van der Waals surface area contributed by atoms with Crippen LogP contribution < -0.4 is 9.64 Å². The summed E-state index contributed by atoms with van der Waals surface area (Å²) in [7, 11) is 0. The Morgan fingerprint density at radius 2 is 1.90 bits per heavy atom. The first kappa shape index (κ1) is 13.2. The molecule has 2 aliphatic rings. The third-order valence-electron chi connectivity index (χ3n) is 3.77. The molecule has 2 aliphatic heterocycles. The number of nitrogens with zero attached hydrogens (tertiary/aromatic N) is 2. The van der Waals surface area contributed by atoms with Crippen molar-refractivity contribution in [3.8, 4) is 5.75 Å². The minimum atomic E-state index is 0.163. The first-order valence-electron chi connectivity index (χ1n) is 7.07. The van der Waals surface area contributed by atoms with Gasteiger partial charge in [0.25, 0.3) is 0 Å². The molecule has 0 aliphatic carbocycles. The van der Waals surface area contributed by atoms with Crippen LogP contribution in [0.25, 0.3) is 0 Å². The van der Waals surface area contributed by atoms with E-state index >= 15 is 0 Å². The van der Waals surface area contributed by atoms with Crippen molar-refractivity contribution in [1.29, 1.82) is 0 Å². The van der Waals surface area contributed by atoms with Gasteiger partial charge in [0.1, 0.15) is 18.5 Å². The molecule has 0 aromatic heterocycles. The Balaban J connectivity index is 1.53. The van der Waals surface area contributed by atoms with Gasteiger partial charge < -0.3 is 19.3 Å². The number of hydrogen-bond acceptors (Lipinski definition) is 4. The van der Waals surface area contributed by atoms with E-state index in [2.05, 4.69) is 17.0 Å². The molecular formula is C15H20N2O3. The Kier molecular flexibility index (Phi) is 3.78. The maximum atomic E-state index is 11.3. The monoisotopic (exact) mass is 276 g/mol. The standard InChI is InChI=1S/C15H20N2O3/c1-12(18)16-6-8-17(9-7-16)13-2-4-14(5-3-13)19-10-15-11-20-15/h2-5,15H,6-11H2,1H3/t15-/m0/s1. The Bertz CT molecular complexity index is 463. The molecule has 108 valence electrons. The van der Waals surface area contributed by atoms with Crippen LogP contribution in [0, 0.1) is 0 Å². The number of rotatable bonds is 4. The topological polar surface area (TPSA) is 45.3 Å². The Labute approximate surface area is 119 Å². The molecular weight excluding hydrogens is 256 g/mol. The fourth-order valence-electron chi connectivity index (χ4n) is 2.39. The molecule has 2 heterocycles. The van der Waals surface area contributed by atoms with E-state index in [1.807, 2.05) is 17.0 Å². The van der Waals surface area contributed by atoms with Crippen LogP contribution in [-0.2, 0) is 9.53 Å².